The first-order valence-electron chi connectivity index (χ1n) is 7.32. The Kier molecular flexibility index (Phi) is 3.46. The molecule has 2 aliphatic rings. The van der Waals surface area contributed by atoms with Crippen molar-refractivity contribution >= 4 is 5.97 Å². The minimum Gasteiger partial charge on any atom is -0.456 e. The van der Waals surface area contributed by atoms with Gasteiger partial charge < -0.3 is 4.74 Å². The van der Waals surface area contributed by atoms with E-state index >= 15 is 0 Å². The van der Waals surface area contributed by atoms with Gasteiger partial charge in [-0.25, -0.2) is 0 Å². The molecule has 0 radical (unpaired) electrons. The molecule has 2 fully saturated rings. The van der Waals surface area contributed by atoms with Gasteiger partial charge in [0, 0.05) is 0 Å². The summed E-state index contributed by atoms with van der Waals surface area (Å²) in [7, 11) is 0. The molecule has 1 aliphatic carbocycles. The van der Waals surface area contributed by atoms with Crippen LogP contribution in [0.4, 0.5) is 13.2 Å². The molecule has 1 atom stereocenters. The Labute approximate surface area is 121 Å². The van der Waals surface area contributed by atoms with Crippen molar-refractivity contribution in [1.29, 1.82) is 0 Å². The van der Waals surface area contributed by atoms with Crippen molar-refractivity contribution in [2.24, 2.45) is 5.41 Å². The lowest BCUT2D eigenvalue weighted by molar-refractivity contribution is -0.211. The lowest BCUT2D eigenvalue weighted by Gasteiger charge is -2.47. The number of ether oxygens (including phenoxy) is 1. The quantitative estimate of drug-likeness (QED) is 0.706. The smallest absolute Gasteiger partial charge is 0.416 e. The van der Waals surface area contributed by atoms with Crippen molar-refractivity contribution in [2.75, 3.05) is 0 Å². The topological polar surface area (TPSA) is 26.3 Å². The summed E-state index contributed by atoms with van der Waals surface area (Å²) in [5.41, 5.74) is -0.507. The largest absolute Gasteiger partial charge is 0.456 e. The zero-order valence-electron chi connectivity index (χ0n) is 11.6. The number of hydrogen-bond donors (Lipinski definition) is 0. The summed E-state index contributed by atoms with van der Waals surface area (Å²) in [5.74, 6) is -0.186. The van der Waals surface area contributed by atoms with Gasteiger partial charge in [-0.15, -0.1) is 0 Å². The highest BCUT2D eigenvalue weighted by Gasteiger charge is 2.57. The van der Waals surface area contributed by atoms with Crippen molar-refractivity contribution in [3.05, 3.63) is 35.4 Å². The van der Waals surface area contributed by atoms with Gasteiger partial charge in [0.1, 0.15) is 11.5 Å². The van der Waals surface area contributed by atoms with E-state index in [-0.39, 0.29) is 12.1 Å². The van der Waals surface area contributed by atoms with Gasteiger partial charge in [0.05, 0.1) is 5.56 Å². The zero-order valence-corrected chi connectivity index (χ0v) is 11.6. The van der Waals surface area contributed by atoms with Crippen LogP contribution in [-0.4, -0.2) is 5.97 Å². The normalized spacial score (nSPS) is 25.1. The first-order chi connectivity index (χ1) is 9.93. The van der Waals surface area contributed by atoms with Crippen LogP contribution in [0.5, 0.6) is 0 Å². The molecule has 5 heteroatoms. The van der Waals surface area contributed by atoms with E-state index in [2.05, 4.69) is 0 Å². The number of alkyl halides is 3. The Bertz CT molecular complexity index is 525. The molecular weight excluding hydrogens is 281 g/mol. The molecule has 1 spiro atoms. The van der Waals surface area contributed by atoms with Crippen LogP contribution < -0.4 is 0 Å². The molecule has 0 N–H and O–H groups in total. The Morgan fingerprint density at radius 2 is 1.57 bits per heavy atom. The summed E-state index contributed by atoms with van der Waals surface area (Å²) in [4.78, 5) is 12.0. The Hall–Kier alpha value is -1.52. The fourth-order valence-electron chi connectivity index (χ4n) is 3.45. The van der Waals surface area contributed by atoms with Gasteiger partial charge in [0.2, 0.25) is 0 Å². The molecule has 1 aromatic carbocycles. The molecule has 0 aromatic heterocycles. The summed E-state index contributed by atoms with van der Waals surface area (Å²) in [6.07, 6.45) is 0.997. The molecule has 21 heavy (non-hydrogen) atoms. The fraction of sp³-hybridized carbons (Fsp3) is 0.562. The second-order valence-electron chi connectivity index (χ2n) is 5.98. The van der Waals surface area contributed by atoms with Crippen molar-refractivity contribution in [1.82, 2.24) is 0 Å². The third-order valence-corrected chi connectivity index (χ3v) is 4.67. The van der Waals surface area contributed by atoms with Gasteiger partial charge in [-0.2, -0.15) is 13.2 Å². The number of hydrogen-bond acceptors (Lipinski definition) is 2. The lowest BCUT2D eigenvalue weighted by atomic mass is 9.69. The zero-order chi connectivity index (χ0) is 15.1. The molecule has 1 aliphatic heterocycles. The van der Waals surface area contributed by atoms with Crippen molar-refractivity contribution in [2.45, 2.75) is 50.8 Å². The number of halogens is 3. The summed E-state index contributed by atoms with van der Waals surface area (Å²) in [5, 5.41) is 0. The highest BCUT2D eigenvalue weighted by molar-refractivity contribution is 5.83. The van der Waals surface area contributed by atoms with E-state index in [1.165, 1.54) is 12.1 Å². The van der Waals surface area contributed by atoms with Crippen LogP contribution in [0, 0.1) is 5.41 Å². The third kappa shape index (κ3) is 2.43. The number of benzene rings is 1. The Morgan fingerprint density at radius 1 is 1.00 bits per heavy atom. The van der Waals surface area contributed by atoms with Crippen LogP contribution in [0.3, 0.4) is 0 Å². The second kappa shape index (κ2) is 5.04. The number of carbonyl (C=O) groups excluding carboxylic acids is 1. The van der Waals surface area contributed by atoms with Crippen molar-refractivity contribution in [3.63, 3.8) is 0 Å². The van der Waals surface area contributed by atoms with Crippen molar-refractivity contribution in [3.8, 4) is 0 Å². The number of carbonyl (C=O) groups is 1. The van der Waals surface area contributed by atoms with Crippen LogP contribution in [0.15, 0.2) is 24.3 Å². The number of cyclic esters (lactones) is 1. The number of rotatable bonds is 1. The summed E-state index contributed by atoms with van der Waals surface area (Å²) >= 11 is 0. The molecule has 1 saturated carbocycles. The second-order valence-corrected chi connectivity index (χ2v) is 5.98. The van der Waals surface area contributed by atoms with E-state index in [1.807, 2.05) is 0 Å². The average molecular weight is 298 g/mol. The van der Waals surface area contributed by atoms with E-state index in [0.717, 1.165) is 50.7 Å². The maximum atomic E-state index is 12.6. The first kappa shape index (κ1) is 14.4. The average Bonchev–Trinajstić information content (AvgIpc) is 2.72. The molecule has 1 unspecified atom stereocenters. The fourth-order valence-corrected chi connectivity index (χ4v) is 3.45. The third-order valence-electron chi connectivity index (χ3n) is 4.67. The maximum absolute atomic E-state index is 12.6. The van der Waals surface area contributed by atoms with Crippen LogP contribution >= 0.6 is 0 Å². The van der Waals surface area contributed by atoms with Gasteiger partial charge in [0.15, 0.2) is 0 Å². The van der Waals surface area contributed by atoms with E-state index in [0.29, 0.717) is 5.56 Å². The van der Waals surface area contributed by atoms with E-state index in [1.54, 1.807) is 0 Å². The van der Waals surface area contributed by atoms with Crippen molar-refractivity contribution < 1.29 is 22.7 Å². The van der Waals surface area contributed by atoms with Gasteiger partial charge in [-0.1, -0.05) is 37.8 Å². The van der Waals surface area contributed by atoms with Gasteiger partial charge in [-0.3, -0.25) is 4.79 Å². The van der Waals surface area contributed by atoms with E-state index < -0.39 is 17.2 Å². The first-order valence-corrected chi connectivity index (χ1v) is 7.32. The van der Waals surface area contributed by atoms with Gasteiger partial charge in [-0.05, 0) is 30.5 Å². The molecule has 114 valence electrons. The minimum atomic E-state index is -4.34. The monoisotopic (exact) mass is 298 g/mol. The molecule has 3 rings (SSSR count). The standard InChI is InChI=1S/C16H17F3O2/c17-16(18,19)12-7-5-11(6-8-12)13-15(14(20)21-13)9-3-1-2-4-10-15/h5-8,13H,1-4,9-10H2. The molecule has 1 aromatic rings. The molecule has 0 amide bonds. The Balaban J connectivity index is 1.85. The van der Waals surface area contributed by atoms with E-state index in [9.17, 15) is 18.0 Å². The number of esters is 1. The maximum Gasteiger partial charge on any atom is 0.416 e. The minimum absolute atomic E-state index is 0.186. The summed E-state index contributed by atoms with van der Waals surface area (Å²) in [6.45, 7) is 0. The van der Waals surface area contributed by atoms with Gasteiger partial charge >= 0.3 is 12.1 Å². The van der Waals surface area contributed by atoms with E-state index in [4.69, 9.17) is 4.74 Å². The molecule has 2 nitrogen and oxygen atoms in total. The van der Waals surface area contributed by atoms with Gasteiger partial charge in [0.25, 0.3) is 0 Å². The molecule has 1 heterocycles. The Morgan fingerprint density at radius 3 is 2.05 bits per heavy atom. The predicted octanol–water partition coefficient (Wildman–Crippen LogP) is 4.64. The highest BCUT2D eigenvalue weighted by Crippen LogP contribution is 2.55. The predicted molar refractivity (Wildman–Crippen MR) is 70.4 cm³/mol. The van der Waals surface area contributed by atoms with Crippen LogP contribution in [0.25, 0.3) is 0 Å². The summed E-state index contributed by atoms with van der Waals surface area (Å²) < 4.78 is 43.1. The lowest BCUT2D eigenvalue weighted by Crippen LogP contribution is -2.50. The SMILES string of the molecule is O=C1OC(c2ccc(C(F)(F)F)cc2)C12CCCCCC2. The summed E-state index contributed by atoms with van der Waals surface area (Å²) in [6, 6.07) is 5.00. The molecule has 1 saturated heterocycles. The van der Waals surface area contributed by atoms with Crippen LogP contribution in [-0.2, 0) is 15.7 Å². The molecular formula is C16H17F3O2. The molecule has 0 bridgehead atoms. The van der Waals surface area contributed by atoms with Crippen LogP contribution in [0.2, 0.25) is 0 Å². The highest BCUT2D eigenvalue weighted by atomic mass is 19.4. The van der Waals surface area contributed by atoms with Crippen LogP contribution in [0.1, 0.15) is 55.8 Å².